The Morgan fingerprint density at radius 2 is 1.74 bits per heavy atom. The monoisotopic (exact) mass is 260 g/mol. The zero-order valence-electron chi connectivity index (χ0n) is 10.9. The second-order valence-corrected chi connectivity index (χ2v) is 4.52. The van der Waals surface area contributed by atoms with Gasteiger partial charge in [0.1, 0.15) is 0 Å². The zero-order valence-corrected chi connectivity index (χ0v) is 10.9. The maximum absolute atomic E-state index is 12.0. The van der Waals surface area contributed by atoms with Crippen LogP contribution in [0.1, 0.15) is 18.9 Å². The second kappa shape index (κ2) is 5.90. The average Bonchev–Trinajstić information content (AvgIpc) is 2.73. The van der Waals surface area contributed by atoms with E-state index in [2.05, 4.69) is 0 Å². The van der Waals surface area contributed by atoms with E-state index in [9.17, 15) is 4.79 Å². The Morgan fingerprint density at radius 1 is 1.11 bits per heavy atom. The molecule has 0 bridgehead atoms. The lowest BCUT2D eigenvalue weighted by molar-refractivity contribution is 0.426. The fourth-order valence-electron chi connectivity index (χ4n) is 1.98. The van der Waals surface area contributed by atoms with Crippen molar-refractivity contribution >= 4 is 12.6 Å². The maximum Gasteiger partial charge on any atom is 0.488 e. The van der Waals surface area contributed by atoms with E-state index >= 15 is 0 Å². The van der Waals surface area contributed by atoms with Crippen LogP contribution in [0.4, 0.5) is 0 Å². The molecule has 0 spiro atoms. The molecular weight excluding hydrogens is 243 g/mol. The summed E-state index contributed by atoms with van der Waals surface area (Å²) in [5.74, 6) is 0. The third kappa shape index (κ3) is 3.16. The van der Waals surface area contributed by atoms with E-state index in [0.717, 1.165) is 18.5 Å². The molecule has 0 amide bonds. The second-order valence-electron chi connectivity index (χ2n) is 4.52. The molecule has 0 atom stereocenters. The molecule has 6 heteroatoms. The van der Waals surface area contributed by atoms with Gasteiger partial charge in [-0.3, -0.25) is 9.13 Å². The summed E-state index contributed by atoms with van der Waals surface area (Å²) in [6.07, 6.45) is 4.48. The van der Waals surface area contributed by atoms with Crippen LogP contribution in [-0.4, -0.2) is 26.3 Å². The van der Waals surface area contributed by atoms with Crippen LogP contribution in [0, 0.1) is 0 Å². The predicted molar refractivity (Wildman–Crippen MR) is 74.4 cm³/mol. The SMILES string of the molecule is CCCn1ccn(Cc2ccc(B(O)O)cc2)c1=O. The van der Waals surface area contributed by atoms with Crippen molar-refractivity contribution in [2.75, 3.05) is 0 Å². The van der Waals surface area contributed by atoms with Crippen LogP contribution in [0.15, 0.2) is 41.5 Å². The lowest BCUT2D eigenvalue weighted by Crippen LogP contribution is -2.29. The van der Waals surface area contributed by atoms with Gasteiger partial charge in [0.05, 0.1) is 6.54 Å². The Kier molecular flexibility index (Phi) is 4.24. The number of imidazole rings is 1. The Hall–Kier alpha value is -1.79. The lowest BCUT2D eigenvalue weighted by Gasteiger charge is -2.04. The van der Waals surface area contributed by atoms with Gasteiger partial charge < -0.3 is 10.0 Å². The van der Waals surface area contributed by atoms with E-state index in [-0.39, 0.29) is 5.69 Å². The van der Waals surface area contributed by atoms with E-state index in [1.54, 1.807) is 45.8 Å². The Labute approximate surface area is 111 Å². The molecule has 0 unspecified atom stereocenters. The molecule has 2 rings (SSSR count). The Morgan fingerprint density at radius 3 is 2.32 bits per heavy atom. The number of hydrogen-bond donors (Lipinski definition) is 2. The highest BCUT2D eigenvalue weighted by Crippen LogP contribution is 2.00. The van der Waals surface area contributed by atoms with Crippen molar-refractivity contribution in [2.24, 2.45) is 0 Å². The summed E-state index contributed by atoms with van der Waals surface area (Å²) < 4.78 is 3.33. The molecule has 1 heterocycles. The molecule has 100 valence electrons. The van der Waals surface area contributed by atoms with Gasteiger partial charge in [-0.25, -0.2) is 4.79 Å². The highest BCUT2D eigenvalue weighted by atomic mass is 16.4. The van der Waals surface area contributed by atoms with Crippen molar-refractivity contribution in [3.8, 4) is 0 Å². The van der Waals surface area contributed by atoms with Crippen LogP contribution in [-0.2, 0) is 13.1 Å². The molecule has 1 aromatic carbocycles. The molecule has 0 fully saturated rings. The minimum absolute atomic E-state index is 0.0203. The molecule has 0 aliphatic heterocycles. The number of nitrogens with zero attached hydrogens (tertiary/aromatic N) is 2. The van der Waals surface area contributed by atoms with Gasteiger partial charge in [0.15, 0.2) is 0 Å². The van der Waals surface area contributed by atoms with Crippen LogP contribution in [0.5, 0.6) is 0 Å². The van der Waals surface area contributed by atoms with Crippen LogP contribution in [0.25, 0.3) is 0 Å². The van der Waals surface area contributed by atoms with Gasteiger partial charge >= 0.3 is 12.8 Å². The average molecular weight is 260 g/mol. The van der Waals surface area contributed by atoms with Crippen LogP contribution < -0.4 is 11.2 Å². The fourth-order valence-corrected chi connectivity index (χ4v) is 1.98. The van der Waals surface area contributed by atoms with Crippen LogP contribution in [0.3, 0.4) is 0 Å². The number of hydrogen-bond acceptors (Lipinski definition) is 3. The Bertz CT molecular complexity index is 587. The van der Waals surface area contributed by atoms with E-state index < -0.39 is 7.12 Å². The summed E-state index contributed by atoms with van der Waals surface area (Å²) in [5.41, 5.74) is 1.37. The summed E-state index contributed by atoms with van der Waals surface area (Å²) in [6.45, 7) is 3.24. The molecule has 0 saturated heterocycles. The normalized spacial score (nSPS) is 10.7. The quantitative estimate of drug-likeness (QED) is 0.731. The van der Waals surface area contributed by atoms with Crippen molar-refractivity contribution in [1.82, 2.24) is 9.13 Å². The van der Waals surface area contributed by atoms with Crippen molar-refractivity contribution in [2.45, 2.75) is 26.4 Å². The fraction of sp³-hybridized carbons (Fsp3) is 0.308. The van der Waals surface area contributed by atoms with Gasteiger partial charge in [-0.1, -0.05) is 31.2 Å². The first kappa shape index (κ1) is 13.6. The summed E-state index contributed by atoms with van der Waals surface area (Å²) in [5, 5.41) is 18.0. The first-order valence-electron chi connectivity index (χ1n) is 6.32. The van der Waals surface area contributed by atoms with Gasteiger partial charge in [0.25, 0.3) is 0 Å². The molecule has 2 N–H and O–H groups in total. The van der Waals surface area contributed by atoms with Crippen molar-refractivity contribution in [3.63, 3.8) is 0 Å². The predicted octanol–water partition coefficient (Wildman–Crippen LogP) is -0.212. The first-order chi connectivity index (χ1) is 9.11. The third-order valence-electron chi connectivity index (χ3n) is 3.01. The van der Waals surface area contributed by atoms with E-state index in [1.165, 1.54) is 0 Å². The minimum Gasteiger partial charge on any atom is -0.423 e. The molecule has 0 aliphatic carbocycles. The molecule has 2 aromatic rings. The third-order valence-corrected chi connectivity index (χ3v) is 3.01. The highest BCUT2D eigenvalue weighted by Gasteiger charge is 2.10. The molecule has 0 radical (unpaired) electrons. The summed E-state index contributed by atoms with van der Waals surface area (Å²) >= 11 is 0. The molecule has 5 nitrogen and oxygen atoms in total. The molecule has 1 aromatic heterocycles. The van der Waals surface area contributed by atoms with Gasteiger partial charge in [-0.2, -0.15) is 0 Å². The highest BCUT2D eigenvalue weighted by molar-refractivity contribution is 6.58. The van der Waals surface area contributed by atoms with Gasteiger partial charge in [-0.05, 0) is 17.4 Å². The summed E-state index contributed by atoms with van der Waals surface area (Å²) in [7, 11) is -1.46. The van der Waals surface area contributed by atoms with Gasteiger partial charge in [-0.15, -0.1) is 0 Å². The van der Waals surface area contributed by atoms with Crippen molar-refractivity contribution in [3.05, 3.63) is 52.7 Å². The first-order valence-corrected chi connectivity index (χ1v) is 6.32. The summed E-state index contributed by atoms with van der Waals surface area (Å²) in [4.78, 5) is 12.0. The van der Waals surface area contributed by atoms with Crippen molar-refractivity contribution < 1.29 is 10.0 Å². The number of benzene rings is 1. The zero-order chi connectivity index (χ0) is 13.8. The number of aryl methyl sites for hydroxylation is 1. The topological polar surface area (TPSA) is 67.4 Å². The molecular formula is C13H17BN2O3. The van der Waals surface area contributed by atoms with Crippen LogP contribution in [0.2, 0.25) is 0 Å². The minimum atomic E-state index is -1.46. The van der Waals surface area contributed by atoms with E-state index in [1.807, 2.05) is 6.92 Å². The Balaban J connectivity index is 2.15. The lowest BCUT2D eigenvalue weighted by atomic mass is 9.80. The maximum atomic E-state index is 12.0. The van der Waals surface area contributed by atoms with Gasteiger partial charge in [0.2, 0.25) is 0 Å². The smallest absolute Gasteiger partial charge is 0.423 e. The summed E-state index contributed by atoms with van der Waals surface area (Å²) in [6, 6.07) is 6.87. The van der Waals surface area contributed by atoms with E-state index in [4.69, 9.17) is 10.0 Å². The van der Waals surface area contributed by atoms with Gasteiger partial charge in [0, 0.05) is 18.9 Å². The molecule has 0 saturated carbocycles. The molecule has 0 aliphatic rings. The van der Waals surface area contributed by atoms with E-state index in [0.29, 0.717) is 12.0 Å². The standard InChI is InChI=1S/C13H17BN2O3/c1-2-7-15-8-9-16(13(15)17)10-11-3-5-12(6-4-11)14(18)19/h3-6,8-9,18-19H,2,7,10H2,1H3. The van der Waals surface area contributed by atoms with Crippen molar-refractivity contribution in [1.29, 1.82) is 0 Å². The number of rotatable bonds is 5. The van der Waals surface area contributed by atoms with Crippen LogP contribution >= 0.6 is 0 Å². The number of aromatic nitrogens is 2. The largest absolute Gasteiger partial charge is 0.488 e. The molecule has 19 heavy (non-hydrogen) atoms.